The van der Waals surface area contributed by atoms with Gasteiger partial charge in [0.25, 0.3) is 11.8 Å². The third kappa shape index (κ3) is 7.38. The summed E-state index contributed by atoms with van der Waals surface area (Å²) in [6, 6.07) is 7.03. The highest BCUT2D eigenvalue weighted by Gasteiger charge is 2.54. The maximum Gasteiger partial charge on any atom is 0.391 e. The quantitative estimate of drug-likeness (QED) is 0.361. The van der Waals surface area contributed by atoms with Crippen molar-refractivity contribution in [2.45, 2.75) is 110 Å². The van der Waals surface area contributed by atoms with Gasteiger partial charge in [-0.05, 0) is 86.3 Å². The Hall–Kier alpha value is -3.51. The van der Waals surface area contributed by atoms with Crippen LogP contribution in [-0.4, -0.2) is 73.0 Å². The summed E-state index contributed by atoms with van der Waals surface area (Å²) in [6.45, 7) is 11.5. The van der Waals surface area contributed by atoms with Crippen LogP contribution in [0.15, 0.2) is 29.3 Å². The minimum Gasteiger partial charge on any atom is -0.352 e. The number of halogens is 3. The van der Waals surface area contributed by atoms with Gasteiger partial charge in [-0.2, -0.15) is 18.4 Å². The monoisotopic (exact) mass is 644 g/mol. The van der Waals surface area contributed by atoms with E-state index in [1.807, 2.05) is 17.0 Å². The number of amidine groups is 1. The Labute approximate surface area is 269 Å². The van der Waals surface area contributed by atoms with Gasteiger partial charge < -0.3 is 15.1 Å². The van der Waals surface area contributed by atoms with Crippen molar-refractivity contribution in [2.75, 3.05) is 13.1 Å². The number of aliphatic imine (C=N–C) groups is 1. The van der Waals surface area contributed by atoms with Crippen LogP contribution in [0.1, 0.15) is 114 Å². The van der Waals surface area contributed by atoms with Crippen molar-refractivity contribution in [3.63, 3.8) is 0 Å². The van der Waals surface area contributed by atoms with E-state index < -0.39 is 17.8 Å². The molecular formula is C33H47F3N8O2. The molecule has 1 aromatic heterocycles. The van der Waals surface area contributed by atoms with E-state index in [9.17, 15) is 22.8 Å². The number of carbonyl (C=O) groups is 2. The Bertz CT molecular complexity index is 1370. The van der Waals surface area contributed by atoms with Crippen LogP contribution < -0.4 is 5.32 Å². The zero-order chi connectivity index (χ0) is 33.3. The van der Waals surface area contributed by atoms with Crippen molar-refractivity contribution in [3.8, 4) is 0 Å². The number of nitrogens with one attached hydrogen (secondary N) is 2. The van der Waals surface area contributed by atoms with Crippen LogP contribution in [0.5, 0.6) is 0 Å². The van der Waals surface area contributed by atoms with Crippen LogP contribution in [0, 0.1) is 23.2 Å². The van der Waals surface area contributed by atoms with E-state index in [0.29, 0.717) is 48.3 Å². The van der Waals surface area contributed by atoms with E-state index in [4.69, 9.17) is 4.99 Å². The molecular weight excluding hydrogens is 597 g/mol. The molecule has 13 heteroatoms. The SMILES string of the molecule is CC(C)CC[C@H](c1ccc(C(=O)NCc2nn[nH]n2)cc1)N1C(=O)C(N2CCC(C(F)(F)F)CC2)=NC12CCC(C(C)(C)C)CC2. The average molecular weight is 645 g/mol. The number of rotatable bonds is 8. The lowest BCUT2D eigenvalue weighted by molar-refractivity contribution is -0.183. The summed E-state index contributed by atoms with van der Waals surface area (Å²) < 4.78 is 40.4. The van der Waals surface area contributed by atoms with Crippen molar-refractivity contribution in [2.24, 2.45) is 28.2 Å². The summed E-state index contributed by atoms with van der Waals surface area (Å²) in [5, 5.41) is 16.4. The molecule has 0 radical (unpaired) electrons. The van der Waals surface area contributed by atoms with Crippen LogP contribution in [0.4, 0.5) is 13.2 Å². The number of piperidine rings is 1. The molecule has 46 heavy (non-hydrogen) atoms. The number of hydrogen-bond donors (Lipinski definition) is 2. The zero-order valence-electron chi connectivity index (χ0n) is 27.5. The molecule has 3 heterocycles. The maximum atomic E-state index is 14.5. The molecule has 2 N–H and O–H groups in total. The van der Waals surface area contributed by atoms with Gasteiger partial charge in [0, 0.05) is 18.7 Å². The largest absolute Gasteiger partial charge is 0.391 e. The molecule has 1 spiro atoms. The molecule has 1 aromatic carbocycles. The summed E-state index contributed by atoms with van der Waals surface area (Å²) in [5.74, 6) is -0.276. The lowest BCUT2D eigenvalue weighted by Crippen LogP contribution is -2.52. The summed E-state index contributed by atoms with van der Waals surface area (Å²) in [4.78, 5) is 36.3. The van der Waals surface area contributed by atoms with Gasteiger partial charge in [-0.15, -0.1) is 10.2 Å². The first-order valence-electron chi connectivity index (χ1n) is 16.5. The minimum absolute atomic E-state index is 0.0398. The number of hydrogen-bond acceptors (Lipinski definition) is 7. The Kier molecular flexibility index (Phi) is 9.79. The predicted molar refractivity (Wildman–Crippen MR) is 167 cm³/mol. The molecule has 3 aliphatic rings. The second-order valence-electron chi connectivity index (χ2n) is 14.7. The predicted octanol–water partition coefficient (Wildman–Crippen LogP) is 6.05. The summed E-state index contributed by atoms with van der Waals surface area (Å²) in [5.41, 5.74) is 0.746. The Morgan fingerprint density at radius 3 is 2.22 bits per heavy atom. The molecule has 2 fully saturated rings. The molecule has 1 saturated carbocycles. The molecule has 10 nitrogen and oxygen atoms in total. The number of nitrogens with zero attached hydrogens (tertiary/aromatic N) is 6. The number of tetrazole rings is 1. The number of amides is 2. The van der Waals surface area contributed by atoms with Gasteiger partial charge >= 0.3 is 6.18 Å². The fourth-order valence-corrected chi connectivity index (χ4v) is 7.26. The average Bonchev–Trinajstić information content (AvgIpc) is 3.62. The molecule has 2 amide bonds. The van der Waals surface area contributed by atoms with E-state index in [2.05, 4.69) is 60.6 Å². The number of likely N-dealkylation sites (tertiary alicyclic amines) is 1. The number of alkyl halides is 3. The summed E-state index contributed by atoms with van der Waals surface area (Å²) in [6.07, 6.45) is 0.502. The molecule has 252 valence electrons. The highest BCUT2D eigenvalue weighted by molar-refractivity contribution is 6.39. The van der Waals surface area contributed by atoms with Gasteiger partial charge in [0.1, 0.15) is 5.66 Å². The molecule has 2 aromatic rings. The number of aromatic amines is 1. The Balaban J connectivity index is 1.43. The van der Waals surface area contributed by atoms with Crippen LogP contribution in [-0.2, 0) is 11.3 Å². The third-order valence-electron chi connectivity index (χ3n) is 10.1. The van der Waals surface area contributed by atoms with Gasteiger partial charge in [0.2, 0.25) is 0 Å². The van der Waals surface area contributed by atoms with Gasteiger partial charge in [-0.3, -0.25) is 9.59 Å². The fraction of sp³-hybridized carbons (Fsp3) is 0.697. The second-order valence-corrected chi connectivity index (χ2v) is 14.7. The van der Waals surface area contributed by atoms with Crippen molar-refractivity contribution in [1.82, 2.24) is 35.7 Å². The summed E-state index contributed by atoms with van der Waals surface area (Å²) >= 11 is 0. The van der Waals surface area contributed by atoms with Crippen LogP contribution in [0.25, 0.3) is 0 Å². The number of carbonyl (C=O) groups excluding carboxylic acids is 2. The molecule has 1 saturated heterocycles. The van der Waals surface area contributed by atoms with Gasteiger partial charge in [-0.25, -0.2) is 4.99 Å². The zero-order valence-corrected chi connectivity index (χ0v) is 27.5. The number of benzene rings is 1. The van der Waals surface area contributed by atoms with Crippen molar-refractivity contribution in [1.29, 1.82) is 0 Å². The van der Waals surface area contributed by atoms with E-state index in [-0.39, 0.29) is 55.7 Å². The normalized spacial score (nSPS) is 23.7. The minimum atomic E-state index is -4.23. The maximum absolute atomic E-state index is 14.5. The molecule has 2 aliphatic heterocycles. The first-order valence-corrected chi connectivity index (χ1v) is 16.5. The Morgan fingerprint density at radius 1 is 1.02 bits per heavy atom. The van der Waals surface area contributed by atoms with Crippen LogP contribution >= 0.6 is 0 Å². The Morgan fingerprint density at radius 2 is 1.67 bits per heavy atom. The standard InChI is InChI=1S/C33H47F3N8O2/c1-21(2)6-11-26(22-7-9-23(10-8-22)29(45)37-20-27-39-41-42-40-27)44-30(46)28(43-18-14-25(15-19-43)33(34,35)36)38-32(44)16-12-24(13-17-32)31(3,4)5/h7-10,21,24-26H,6,11-20H2,1-5H3,(H,37,45)(H,39,40,41,42)/t24?,26-,32?/m1/s1. The first kappa shape index (κ1) is 33.8. The van der Waals surface area contributed by atoms with Gasteiger partial charge in [0.05, 0.1) is 18.5 Å². The molecule has 1 atom stereocenters. The molecule has 0 unspecified atom stereocenters. The van der Waals surface area contributed by atoms with Crippen LogP contribution in [0.2, 0.25) is 0 Å². The first-order chi connectivity index (χ1) is 21.7. The lowest BCUT2D eigenvalue weighted by Gasteiger charge is -2.47. The van der Waals surface area contributed by atoms with Crippen molar-refractivity contribution >= 4 is 17.6 Å². The highest BCUT2D eigenvalue weighted by atomic mass is 19.4. The van der Waals surface area contributed by atoms with Crippen molar-refractivity contribution in [3.05, 3.63) is 41.2 Å². The molecule has 1 aliphatic carbocycles. The van der Waals surface area contributed by atoms with Crippen molar-refractivity contribution < 1.29 is 22.8 Å². The number of H-pyrrole nitrogens is 1. The third-order valence-corrected chi connectivity index (χ3v) is 10.1. The lowest BCUT2D eigenvalue weighted by atomic mass is 9.69. The van der Waals surface area contributed by atoms with E-state index in [1.54, 1.807) is 17.0 Å². The van der Waals surface area contributed by atoms with E-state index in [1.165, 1.54) is 0 Å². The summed E-state index contributed by atoms with van der Waals surface area (Å²) in [7, 11) is 0. The number of aromatic nitrogens is 4. The molecule has 5 rings (SSSR count). The fourth-order valence-electron chi connectivity index (χ4n) is 7.26. The molecule has 0 bridgehead atoms. The highest BCUT2D eigenvalue weighted by Crippen LogP contribution is 2.50. The topological polar surface area (TPSA) is 119 Å². The van der Waals surface area contributed by atoms with Gasteiger partial charge in [0.15, 0.2) is 11.7 Å². The van der Waals surface area contributed by atoms with Gasteiger partial charge in [-0.1, -0.05) is 52.0 Å². The second kappa shape index (κ2) is 13.3. The smallest absolute Gasteiger partial charge is 0.352 e. The van der Waals surface area contributed by atoms with Crippen LogP contribution in [0.3, 0.4) is 0 Å². The van der Waals surface area contributed by atoms with E-state index in [0.717, 1.165) is 24.8 Å². The van der Waals surface area contributed by atoms with E-state index >= 15 is 0 Å².